The molecule has 3 aromatic rings. The van der Waals surface area contributed by atoms with Gasteiger partial charge < -0.3 is 9.72 Å². The quantitative estimate of drug-likeness (QED) is 0.647. The minimum absolute atomic E-state index is 0.0373. The van der Waals surface area contributed by atoms with Crippen LogP contribution in [0.2, 0.25) is 5.02 Å². The molecule has 0 fully saturated rings. The highest BCUT2D eigenvalue weighted by molar-refractivity contribution is 7.92. The summed E-state index contributed by atoms with van der Waals surface area (Å²) in [7, 11) is -2.72. The molecular weight excluding hydrogens is 380 g/mol. The van der Waals surface area contributed by atoms with Gasteiger partial charge >= 0.3 is 5.97 Å². The van der Waals surface area contributed by atoms with Gasteiger partial charge in [-0.15, -0.1) is 0 Å². The van der Waals surface area contributed by atoms with Gasteiger partial charge in [-0.25, -0.2) is 17.9 Å². The maximum absolute atomic E-state index is 12.6. The SMILES string of the molecule is COC(=O)c1cc(S(=O)(=O)Nc2cc(C)nn2-c2ccc(Cl)cc2)c[nH]1. The van der Waals surface area contributed by atoms with Crippen molar-refractivity contribution in [1.82, 2.24) is 14.8 Å². The van der Waals surface area contributed by atoms with Crippen LogP contribution in [0.1, 0.15) is 16.2 Å². The van der Waals surface area contributed by atoms with E-state index in [0.29, 0.717) is 16.4 Å². The van der Waals surface area contributed by atoms with E-state index >= 15 is 0 Å². The minimum Gasteiger partial charge on any atom is -0.464 e. The van der Waals surface area contributed by atoms with E-state index < -0.39 is 16.0 Å². The lowest BCUT2D eigenvalue weighted by atomic mass is 10.3. The van der Waals surface area contributed by atoms with Crippen molar-refractivity contribution < 1.29 is 17.9 Å². The Kier molecular flexibility index (Phi) is 4.75. The van der Waals surface area contributed by atoms with Crippen LogP contribution in [0.25, 0.3) is 5.69 Å². The lowest BCUT2D eigenvalue weighted by Gasteiger charge is -2.09. The maximum atomic E-state index is 12.6. The maximum Gasteiger partial charge on any atom is 0.354 e. The minimum atomic E-state index is -3.94. The third kappa shape index (κ3) is 3.58. The van der Waals surface area contributed by atoms with Crippen molar-refractivity contribution in [1.29, 1.82) is 0 Å². The third-order valence-corrected chi connectivity index (χ3v) is 5.10. The predicted molar refractivity (Wildman–Crippen MR) is 96.3 cm³/mol. The fourth-order valence-electron chi connectivity index (χ4n) is 2.31. The summed E-state index contributed by atoms with van der Waals surface area (Å²) in [6.07, 6.45) is 1.21. The average Bonchev–Trinajstić information content (AvgIpc) is 3.22. The largest absolute Gasteiger partial charge is 0.464 e. The number of aromatic amines is 1. The van der Waals surface area contributed by atoms with Crippen LogP contribution in [-0.2, 0) is 14.8 Å². The third-order valence-electron chi connectivity index (χ3n) is 3.51. The fourth-order valence-corrected chi connectivity index (χ4v) is 3.46. The number of nitrogens with zero attached hydrogens (tertiary/aromatic N) is 2. The summed E-state index contributed by atoms with van der Waals surface area (Å²) >= 11 is 5.89. The molecule has 0 saturated carbocycles. The summed E-state index contributed by atoms with van der Waals surface area (Å²) < 4.78 is 33.7. The Hall–Kier alpha value is -2.78. The van der Waals surface area contributed by atoms with Gasteiger partial charge in [0.05, 0.1) is 18.5 Å². The zero-order chi connectivity index (χ0) is 18.9. The first kappa shape index (κ1) is 18.0. The smallest absolute Gasteiger partial charge is 0.354 e. The Bertz CT molecular complexity index is 1050. The van der Waals surface area contributed by atoms with Gasteiger partial charge in [-0.1, -0.05) is 11.6 Å². The summed E-state index contributed by atoms with van der Waals surface area (Å²) in [4.78, 5) is 14.0. The number of esters is 1. The molecule has 0 aliphatic carbocycles. The standard InChI is InChI=1S/C16H15ClN4O4S/c1-10-7-15(21(19-10)12-5-3-11(17)4-6-12)20-26(23,24)13-8-14(18-9-13)16(22)25-2/h3-9,18,20H,1-2H3. The Morgan fingerprint density at radius 1 is 1.27 bits per heavy atom. The van der Waals surface area contributed by atoms with Crippen molar-refractivity contribution in [2.45, 2.75) is 11.8 Å². The lowest BCUT2D eigenvalue weighted by Crippen LogP contribution is -2.15. The van der Waals surface area contributed by atoms with E-state index in [-0.39, 0.29) is 16.4 Å². The molecule has 8 nitrogen and oxygen atoms in total. The summed E-state index contributed by atoms with van der Waals surface area (Å²) in [5, 5.41) is 4.86. The van der Waals surface area contributed by atoms with E-state index in [1.54, 1.807) is 37.3 Å². The number of anilines is 1. The van der Waals surface area contributed by atoms with Crippen LogP contribution < -0.4 is 4.72 Å². The molecule has 2 N–H and O–H groups in total. The summed E-state index contributed by atoms with van der Waals surface area (Å²) in [5.74, 6) is -0.404. The Balaban J connectivity index is 1.94. The molecule has 3 rings (SSSR count). The second-order valence-corrected chi connectivity index (χ2v) is 7.52. The number of aryl methyl sites for hydroxylation is 1. The van der Waals surface area contributed by atoms with Gasteiger partial charge in [-0.05, 0) is 37.3 Å². The number of carbonyl (C=O) groups excluding carboxylic acids is 1. The number of H-pyrrole nitrogens is 1. The highest BCUT2D eigenvalue weighted by Crippen LogP contribution is 2.22. The number of halogens is 1. The number of aromatic nitrogens is 3. The number of rotatable bonds is 5. The number of methoxy groups -OCH3 is 1. The number of nitrogens with one attached hydrogen (secondary N) is 2. The molecule has 0 atom stereocenters. The zero-order valence-electron chi connectivity index (χ0n) is 13.9. The van der Waals surface area contributed by atoms with Crippen LogP contribution in [-0.4, -0.2) is 36.3 Å². The molecule has 0 amide bonds. The van der Waals surface area contributed by atoms with Crippen molar-refractivity contribution in [2.75, 3.05) is 11.8 Å². The summed E-state index contributed by atoms with van der Waals surface area (Å²) in [5.41, 5.74) is 1.31. The molecule has 10 heteroatoms. The predicted octanol–water partition coefficient (Wildman–Crippen LogP) is 2.75. The van der Waals surface area contributed by atoms with Gasteiger partial charge in [-0.2, -0.15) is 5.10 Å². The Morgan fingerprint density at radius 3 is 2.62 bits per heavy atom. The van der Waals surface area contributed by atoms with Crippen molar-refractivity contribution >= 4 is 33.4 Å². The van der Waals surface area contributed by atoms with Crippen molar-refractivity contribution in [3.8, 4) is 5.69 Å². The Morgan fingerprint density at radius 2 is 1.96 bits per heavy atom. The molecule has 0 unspecified atom stereocenters. The molecule has 2 aromatic heterocycles. The van der Waals surface area contributed by atoms with Crippen LogP contribution >= 0.6 is 11.6 Å². The number of sulfonamides is 1. The molecule has 0 aliphatic rings. The van der Waals surface area contributed by atoms with Gasteiger partial charge in [0.2, 0.25) is 0 Å². The van der Waals surface area contributed by atoms with Crippen LogP contribution in [0.15, 0.2) is 47.5 Å². The molecule has 0 spiro atoms. The Labute approximate surface area is 154 Å². The summed E-state index contributed by atoms with van der Waals surface area (Å²) in [6.45, 7) is 1.75. The van der Waals surface area contributed by atoms with E-state index in [4.69, 9.17) is 11.6 Å². The molecule has 0 saturated heterocycles. The number of ether oxygens (including phenoxy) is 1. The van der Waals surface area contributed by atoms with Gasteiger partial charge in [0.15, 0.2) is 0 Å². The van der Waals surface area contributed by atoms with Gasteiger partial charge in [0.25, 0.3) is 10.0 Å². The van der Waals surface area contributed by atoms with E-state index in [0.717, 1.165) is 0 Å². The first-order chi connectivity index (χ1) is 12.3. The van der Waals surface area contributed by atoms with E-state index in [2.05, 4.69) is 19.5 Å². The van der Waals surface area contributed by atoms with Crippen LogP contribution in [0, 0.1) is 6.92 Å². The van der Waals surface area contributed by atoms with Gasteiger partial charge in [0, 0.05) is 17.3 Å². The van der Waals surface area contributed by atoms with Gasteiger partial charge in [0.1, 0.15) is 16.4 Å². The van der Waals surface area contributed by atoms with E-state index in [1.807, 2.05) is 0 Å². The molecule has 2 heterocycles. The zero-order valence-corrected chi connectivity index (χ0v) is 15.4. The molecule has 136 valence electrons. The second-order valence-electron chi connectivity index (χ2n) is 5.41. The average molecular weight is 395 g/mol. The van der Waals surface area contributed by atoms with Crippen LogP contribution in [0.5, 0.6) is 0 Å². The molecule has 0 aliphatic heterocycles. The first-order valence-corrected chi connectivity index (χ1v) is 9.28. The lowest BCUT2D eigenvalue weighted by molar-refractivity contribution is 0.0594. The number of carbonyl (C=O) groups is 1. The van der Waals surface area contributed by atoms with Crippen molar-refractivity contribution in [3.05, 3.63) is 59.0 Å². The van der Waals surface area contributed by atoms with Gasteiger partial charge in [-0.3, -0.25) is 4.72 Å². The van der Waals surface area contributed by atoms with Crippen molar-refractivity contribution in [2.24, 2.45) is 0 Å². The number of benzene rings is 1. The molecule has 0 bridgehead atoms. The molecule has 26 heavy (non-hydrogen) atoms. The number of hydrogen-bond acceptors (Lipinski definition) is 5. The molecule has 0 radical (unpaired) electrons. The first-order valence-electron chi connectivity index (χ1n) is 7.42. The highest BCUT2D eigenvalue weighted by atomic mass is 35.5. The molecular formula is C16H15ClN4O4S. The van der Waals surface area contributed by atoms with E-state index in [1.165, 1.54) is 24.1 Å². The second kappa shape index (κ2) is 6.85. The fraction of sp³-hybridized carbons (Fsp3) is 0.125. The number of hydrogen-bond donors (Lipinski definition) is 2. The van der Waals surface area contributed by atoms with E-state index in [9.17, 15) is 13.2 Å². The monoisotopic (exact) mass is 394 g/mol. The summed E-state index contributed by atoms with van der Waals surface area (Å²) in [6, 6.07) is 9.60. The molecule has 1 aromatic carbocycles. The van der Waals surface area contributed by atoms with Crippen LogP contribution in [0.4, 0.5) is 5.82 Å². The van der Waals surface area contributed by atoms with Crippen molar-refractivity contribution in [3.63, 3.8) is 0 Å². The topological polar surface area (TPSA) is 106 Å². The van der Waals surface area contributed by atoms with Crippen LogP contribution in [0.3, 0.4) is 0 Å². The normalized spacial score (nSPS) is 11.3. The highest BCUT2D eigenvalue weighted by Gasteiger charge is 2.21.